The molecule has 0 saturated carbocycles. The number of halogens is 2. The normalized spacial score (nSPS) is 10.3. The summed E-state index contributed by atoms with van der Waals surface area (Å²) in [6, 6.07) is 11.4. The number of rotatable bonds is 4. The number of carbonyl (C=O) groups is 2. The van der Waals surface area contributed by atoms with Crippen molar-refractivity contribution in [1.29, 1.82) is 0 Å². The molecule has 1 aromatic heterocycles. The molecule has 0 aliphatic heterocycles. The molecule has 3 rings (SSSR count). The molecule has 136 valence electrons. The smallest absolute Gasteiger partial charge is 0.257 e. The Morgan fingerprint density at radius 1 is 0.889 bits per heavy atom. The van der Waals surface area contributed by atoms with E-state index in [1.807, 2.05) is 19.1 Å². The summed E-state index contributed by atoms with van der Waals surface area (Å²) in [7, 11) is 0. The predicted molar refractivity (Wildman–Crippen MR) is 97.7 cm³/mol. The van der Waals surface area contributed by atoms with Gasteiger partial charge in [0.15, 0.2) is 0 Å². The molecule has 0 atom stereocenters. The summed E-state index contributed by atoms with van der Waals surface area (Å²) in [5.74, 6) is -2.75. The molecular formula is C20H15F2N3O2. The quantitative estimate of drug-likeness (QED) is 0.727. The van der Waals surface area contributed by atoms with Gasteiger partial charge in [0.05, 0.1) is 16.8 Å². The molecule has 0 aliphatic carbocycles. The van der Waals surface area contributed by atoms with E-state index < -0.39 is 23.4 Å². The second kappa shape index (κ2) is 7.74. The van der Waals surface area contributed by atoms with E-state index >= 15 is 0 Å². The topological polar surface area (TPSA) is 71.1 Å². The third-order valence-corrected chi connectivity index (χ3v) is 3.72. The van der Waals surface area contributed by atoms with Crippen LogP contribution in [0.5, 0.6) is 0 Å². The van der Waals surface area contributed by atoms with Gasteiger partial charge in [-0.2, -0.15) is 0 Å². The molecule has 3 aromatic rings. The number of hydrogen-bond acceptors (Lipinski definition) is 3. The van der Waals surface area contributed by atoms with Gasteiger partial charge in [-0.1, -0.05) is 12.1 Å². The minimum absolute atomic E-state index is 0.0654. The number of aromatic nitrogens is 1. The first-order valence-electron chi connectivity index (χ1n) is 8.02. The minimum Gasteiger partial charge on any atom is -0.322 e. The maximum Gasteiger partial charge on any atom is 0.257 e. The van der Waals surface area contributed by atoms with E-state index in [9.17, 15) is 18.4 Å². The number of nitrogens with one attached hydrogen (secondary N) is 2. The highest BCUT2D eigenvalue weighted by Gasteiger charge is 2.14. The number of hydrogen-bond donors (Lipinski definition) is 2. The number of aryl methyl sites for hydroxylation is 1. The highest BCUT2D eigenvalue weighted by Crippen LogP contribution is 2.17. The van der Waals surface area contributed by atoms with Crippen LogP contribution < -0.4 is 10.6 Å². The first-order valence-corrected chi connectivity index (χ1v) is 8.02. The van der Waals surface area contributed by atoms with Crippen molar-refractivity contribution in [2.45, 2.75) is 6.92 Å². The Bertz CT molecular complexity index is 1020. The molecule has 2 amide bonds. The maximum atomic E-state index is 13.7. The molecule has 0 fully saturated rings. The van der Waals surface area contributed by atoms with E-state index in [4.69, 9.17) is 0 Å². The van der Waals surface area contributed by atoms with Crippen LogP contribution in [0, 0.1) is 18.6 Å². The molecule has 2 N–H and O–H groups in total. The van der Waals surface area contributed by atoms with E-state index in [1.165, 1.54) is 18.5 Å². The molecule has 5 nitrogen and oxygen atoms in total. The van der Waals surface area contributed by atoms with E-state index in [0.29, 0.717) is 11.8 Å². The molecule has 1 heterocycles. The van der Waals surface area contributed by atoms with Gasteiger partial charge in [-0.15, -0.1) is 0 Å². The lowest BCUT2D eigenvalue weighted by Gasteiger charge is -2.08. The van der Waals surface area contributed by atoms with Crippen LogP contribution in [0.2, 0.25) is 0 Å². The number of nitrogens with zero attached hydrogens (tertiary/aromatic N) is 1. The summed E-state index contributed by atoms with van der Waals surface area (Å²) in [5.41, 5.74) is 1.67. The number of pyridine rings is 1. The van der Waals surface area contributed by atoms with Gasteiger partial charge < -0.3 is 10.6 Å². The third-order valence-electron chi connectivity index (χ3n) is 3.72. The second-order valence-corrected chi connectivity index (χ2v) is 5.86. The van der Waals surface area contributed by atoms with Crippen LogP contribution in [-0.2, 0) is 0 Å². The van der Waals surface area contributed by atoms with Gasteiger partial charge in [-0.05, 0) is 42.8 Å². The third kappa shape index (κ3) is 4.52. The lowest BCUT2D eigenvalue weighted by molar-refractivity contribution is 0.102. The van der Waals surface area contributed by atoms with Gasteiger partial charge in [-0.25, -0.2) is 8.78 Å². The molecule has 0 spiro atoms. The molecule has 0 radical (unpaired) electrons. The zero-order valence-electron chi connectivity index (χ0n) is 14.3. The average molecular weight is 367 g/mol. The average Bonchev–Trinajstić information content (AvgIpc) is 2.64. The number of anilines is 2. The van der Waals surface area contributed by atoms with Gasteiger partial charge in [0.1, 0.15) is 11.6 Å². The van der Waals surface area contributed by atoms with Crippen LogP contribution in [-0.4, -0.2) is 16.8 Å². The Morgan fingerprint density at radius 2 is 1.59 bits per heavy atom. The number of amides is 2. The lowest BCUT2D eigenvalue weighted by atomic mass is 10.1. The van der Waals surface area contributed by atoms with E-state index in [2.05, 4.69) is 15.6 Å². The van der Waals surface area contributed by atoms with Gasteiger partial charge in [0.25, 0.3) is 11.8 Å². The molecule has 0 aliphatic rings. The first-order chi connectivity index (χ1) is 12.9. The van der Waals surface area contributed by atoms with Gasteiger partial charge >= 0.3 is 0 Å². The monoisotopic (exact) mass is 367 g/mol. The van der Waals surface area contributed by atoms with Crippen molar-refractivity contribution in [2.75, 3.05) is 10.6 Å². The summed E-state index contributed by atoms with van der Waals surface area (Å²) in [5, 5.41) is 5.04. The molecule has 2 aromatic carbocycles. The minimum atomic E-state index is -0.898. The van der Waals surface area contributed by atoms with Crippen LogP contribution in [0.25, 0.3) is 0 Å². The van der Waals surface area contributed by atoms with Crippen LogP contribution in [0.1, 0.15) is 26.3 Å². The van der Waals surface area contributed by atoms with Gasteiger partial charge in [0, 0.05) is 24.1 Å². The first kappa shape index (κ1) is 18.2. The van der Waals surface area contributed by atoms with Crippen molar-refractivity contribution >= 4 is 23.2 Å². The van der Waals surface area contributed by atoms with Crippen molar-refractivity contribution in [3.8, 4) is 0 Å². The van der Waals surface area contributed by atoms with Crippen molar-refractivity contribution in [3.63, 3.8) is 0 Å². The standard InChI is InChI=1S/C20H15F2N3O2/c1-12-3-2-4-16(7-12)24-19(26)13-8-14(11-23-10-13)20(27)25-18-6-5-15(21)9-17(18)22/h2-11H,1H3,(H,24,26)(H,25,27). The van der Waals surface area contributed by atoms with Crippen molar-refractivity contribution in [2.24, 2.45) is 0 Å². The molecule has 0 bridgehead atoms. The van der Waals surface area contributed by atoms with E-state index in [0.717, 1.165) is 17.7 Å². The zero-order valence-corrected chi connectivity index (χ0v) is 14.3. The molecule has 7 heteroatoms. The van der Waals surface area contributed by atoms with Crippen LogP contribution in [0.4, 0.5) is 20.2 Å². The molecule has 0 unspecified atom stereocenters. The van der Waals surface area contributed by atoms with E-state index in [1.54, 1.807) is 12.1 Å². The number of carbonyl (C=O) groups excluding carboxylic acids is 2. The predicted octanol–water partition coefficient (Wildman–Crippen LogP) is 4.17. The molecule has 0 saturated heterocycles. The summed E-state index contributed by atoms with van der Waals surface area (Å²) >= 11 is 0. The Labute approximate surface area is 154 Å². The fraction of sp³-hybridized carbons (Fsp3) is 0.0500. The summed E-state index contributed by atoms with van der Waals surface area (Å²) < 4.78 is 26.6. The van der Waals surface area contributed by atoms with Gasteiger partial charge in [0.2, 0.25) is 0 Å². The largest absolute Gasteiger partial charge is 0.322 e. The highest BCUT2D eigenvalue weighted by molar-refractivity contribution is 6.08. The molecular weight excluding hydrogens is 352 g/mol. The van der Waals surface area contributed by atoms with Crippen LogP contribution in [0.3, 0.4) is 0 Å². The summed E-state index contributed by atoms with van der Waals surface area (Å²) in [4.78, 5) is 28.5. The summed E-state index contributed by atoms with van der Waals surface area (Å²) in [6.45, 7) is 1.90. The Hall–Kier alpha value is -3.61. The Balaban J connectivity index is 1.76. The molecule has 27 heavy (non-hydrogen) atoms. The van der Waals surface area contributed by atoms with Crippen molar-refractivity contribution in [3.05, 3.63) is 89.2 Å². The van der Waals surface area contributed by atoms with Crippen LogP contribution >= 0.6 is 0 Å². The fourth-order valence-corrected chi connectivity index (χ4v) is 2.40. The Kier molecular flexibility index (Phi) is 5.21. The number of benzene rings is 2. The van der Waals surface area contributed by atoms with Gasteiger partial charge in [-0.3, -0.25) is 14.6 Å². The summed E-state index contributed by atoms with van der Waals surface area (Å²) in [6.07, 6.45) is 2.57. The lowest BCUT2D eigenvalue weighted by Crippen LogP contribution is -2.16. The second-order valence-electron chi connectivity index (χ2n) is 5.86. The van der Waals surface area contributed by atoms with Crippen molar-refractivity contribution < 1.29 is 18.4 Å². The maximum absolute atomic E-state index is 13.7. The van der Waals surface area contributed by atoms with Crippen molar-refractivity contribution in [1.82, 2.24) is 4.98 Å². The SMILES string of the molecule is Cc1cccc(NC(=O)c2cncc(C(=O)Nc3ccc(F)cc3F)c2)c1. The van der Waals surface area contributed by atoms with E-state index in [-0.39, 0.29) is 16.8 Å². The Morgan fingerprint density at radius 3 is 2.26 bits per heavy atom. The van der Waals surface area contributed by atoms with Crippen LogP contribution in [0.15, 0.2) is 60.9 Å². The highest BCUT2D eigenvalue weighted by atomic mass is 19.1. The fourth-order valence-electron chi connectivity index (χ4n) is 2.40. The zero-order chi connectivity index (χ0) is 19.4.